The Labute approximate surface area is 124 Å². The van der Waals surface area contributed by atoms with E-state index in [1.165, 1.54) is 18.4 Å². The van der Waals surface area contributed by atoms with Crippen LogP contribution in [0, 0.1) is 5.92 Å². The lowest BCUT2D eigenvalue weighted by Gasteiger charge is -2.08. The smallest absolute Gasteiger partial charge is 0.0297 e. The van der Waals surface area contributed by atoms with E-state index in [0.29, 0.717) is 6.04 Å². The summed E-state index contributed by atoms with van der Waals surface area (Å²) in [5.74, 6) is 0.751. The standard InChI is InChI=1S/C12H21N.3C2H6.H2/c1-4-5-11-10(8-9(2)3)6-7-12(11)13;3*1-2;/h4-5,9,12H,6-8,13H2,1-3H3;3*1-2H3;1H/b5-4-;;;;/t12-;;;;/m1..../s1. The Kier molecular flexibility index (Phi) is 21.6. The molecule has 0 aliphatic heterocycles. The van der Waals surface area contributed by atoms with Gasteiger partial charge in [0.1, 0.15) is 0 Å². The van der Waals surface area contributed by atoms with Gasteiger partial charge in [0.05, 0.1) is 0 Å². The molecule has 0 bridgehead atoms. The van der Waals surface area contributed by atoms with Gasteiger partial charge in [-0.05, 0) is 37.7 Å². The lowest BCUT2D eigenvalue weighted by Crippen LogP contribution is -2.17. The fraction of sp³-hybridized carbons (Fsp3) is 0.778. The lowest BCUT2D eigenvalue weighted by atomic mass is 9.99. The first kappa shape index (κ1) is 23.5. The van der Waals surface area contributed by atoms with Crippen LogP contribution in [0.3, 0.4) is 0 Å². The summed E-state index contributed by atoms with van der Waals surface area (Å²) in [6, 6.07) is 0.296. The van der Waals surface area contributed by atoms with E-state index < -0.39 is 0 Å². The van der Waals surface area contributed by atoms with Gasteiger partial charge in [0.2, 0.25) is 0 Å². The van der Waals surface area contributed by atoms with Crippen molar-refractivity contribution in [1.82, 2.24) is 0 Å². The van der Waals surface area contributed by atoms with E-state index >= 15 is 0 Å². The molecule has 0 aromatic rings. The van der Waals surface area contributed by atoms with Crippen molar-refractivity contribution in [2.75, 3.05) is 0 Å². The lowest BCUT2D eigenvalue weighted by molar-refractivity contribution is 0.628. The summed E-state index contributed by atoms with van der Waals surface area (Å²) in [6.45, 7) is 18.6. The van der Waals surface area contributed by atoms with Gasteiger partial charge >= 0.3 is 0 Å². The predicted octanol–water partition coefficient (Wildman–Crippen LogP) is 6.35. The molecule has 1 nitrogen and oxygen atoms in total. The van der Waals surface area contributed by atoms with Crippen LogP contribution >= 0.6 is 0 Å². The Balaban J connectivity index is -0.000000162. The van der Waals surface area contributed by atoms with Crippen molar-refractivity contribution in [3.63, 3.8) is 0 Å². The number of hydrogen-bond acceptors (Lipinski definition) is 1. The summed E-state index contributed by atoms with van der Waals surface area (Å²) in [7, 11) is 0. The van der Waals surface area contributed by atoms with Crippen LogP contribution < -0.4 is 5.73 Å². The minimum atomic E-state index is 0. The second kappa shape index (κ2) is 17.4. The van der Waals surface area contributed by atoms with E-state index in [2.05, 4.69) is 32.9 Å². The molecule has 1 atom stereocenters. The molecular weight excluding hydrogens is 230 g/mol. The Morgan fingerprint density at radius 3 is 2.00 bits per heavy atom. The van der Waals surface area contributed by atoms with Crippen molar-refractivity contribution < 1.29 is 1.43 Å². The highest BCUT2D eigenvalue weighted by molar-refractivity contribution is 5.34. The first-order valence-corrected chi connectivity index (χ1v) is 8.25. The van der Waals surface area contributed by atoms with Crippen LogP contribution in [0.2, 0.25) is 0 Å². The highest BCUT2D eigenvalue weighted by Gasteiger charge is 2.20. The van der Waals surface area contributed by atoms with Gasteiger partial charge in [0.15, 0.2) is 0 Å². The summed E-state index contributed by atoms with van der Waals surface area (Å²) in [4.78, 5) is 0. The highest BCUT2D eigenvalue weighted by atomic mass is 14.6. The molecule has 0 fully saturated rings. The average Bonchev–Trinajstić information content (AvgIpc) is 2.78. The van der Waals surface area contributed by atoms with E-state index in [4.69, 9.17) is 5.73 Å². The third-order valence-electron chi connectivity index (χ3n) is 2.57. The minimum absolute atomic E-state index is 0. The fourth-order valence-corrected chi connectivity index (χ4v) is 2.03. The van der Waals surface area contributed by atoms with Gasteiger partial charge in [0.25, 0.3) is 0 Å². The highest BCUT2D eigenvalue weighted by Crippen LogP contribution is 2.30. The van der Waals surface area contributed by atoms with Crippen LogP contribution in [0.25, 0.3) is 0 Å². The summed E-state index contributed by atoms with van der Waals surface area (Å²) < 4.78 is 0. The van der Waals surface area contributed by atoms with Crippen molar-refractivity contribution in [1.29, 1.82) is 0 Å². The average molecular weight is 272 g/mol. The maximum Gasteiger partial charge on any atom is 0.0297 e. The van der Waals surface area contributed by atoms with Gasteiger partial charge < -0.3 is 5.73 Å². The Morgan fingerprint density at radius 2 is 1.63 bits per heavy atom. The summed E-state index contributed by atoms with van der Waals surface area (Å²) in [5, 5.41) is 0. The van der Waals surface area contributed by atoms with Crippen LogP contribution in [0.1, 0.15) is 83.0 Å². The van der Waals surface area contributed by atoms with Crippen LogP contribution in [0.15, 0.2) is 23.3 Å². The second-order valence-electron chi connectivity index (χ2n) is 4.30. The molecular formula is C18H41N. The number of allylic oxidation sites excluding steroid dienone is 2. The summed E-state index contributed by atoms with van der Waals surface area (Å²) in [5.41, 5.74) is 9.01. The molecule has 0 aromatic heterocycles. The van der Waals surface area contributed by atoms with E-state index in [1.807, 2.05) is 41.5 Å². The van der Waals surface area contributed by atoms with E-state index in [1.54, 1.807) is 5.57 Å². The summed E-state index contributed by atoms with van der Waals surface area (Å²) in [6.07, 6.45) is 7.85. The zero-order valence-electron chi connectivity index (χ0n) is 15.0. The largest absolute Gasteiger partial charge is 0.324 e. The van der Waals surface area contributed by atoms with Gasteiger partial charge in [-0.15, -0.1) is 0 Å². The SMILES string of the molecule is C/C=C\C1=C(CC(C)C)CC[C@H]1N.CC.CC.CC.[HH]. The second-order valence-corrected chi connectivity index (χ2v) is 4.30. The van der Waals surface area contributed by atoms with E-state index in [-0.39, 0.29) is 1.43 Å². The number of rotatable bonds is 3. The first-order valence-electron chi connectivity index (χ1n) is 8.25. The molecule has 0 aromatic carbocycles. The van der Waals surface area contributed by atoms with Gasteiger partial charge in [-0.2, -0.15) is 0 Å². The number of nitrogens with two attached hydrogens (primary N) is 1. The molecule has 0 saturated heterocycles. The van der Waals surface area contributed by atoms with Crippen molar-refractivity contribution >= 4 is 0 Å². The van der Waals surface area contributed by atoms with Crippen LogP contribution in [-0.4, -0.2) is 6.04 Å². The molecule has 1 aliphatic carbocycles. The molecule has 0 heterocycles. The van der Waals surface area contributed by atoms with Crippen LogP contribution in [0.4, 0.5) is 0 Å². The molecule has 0 amide bonds. The van der Waals surface area contributed by atoms with Crippen molar-refractivity contribution in [3.8, 4) is 0 Å². The maximum absolute atomic E-state index is 6.02. The van der Waals surface area contributed by atoms with Gasteiger partial charge in [-0.1, -0.05) is 73.1 Å². The molecule has 1 heteroatoms. The van der Waals surface area contributed by atoms with Crippen molar-refractivity contribution in [2.45, 2.75) is 87.6 Å². The van der Waals surface area contributed by atoms with Crippen LogP contribution in [-0.2, 0) is 0 Å². The minimum Gasteiger partial charge on any atom is -0.324 e. The molecule has 19 heavy (non-hydrogen) atoms. The Morgan fingerprint density at radius 1 is 1.16 bits per heavy atom. The Hall–Kier alpha value is -0.560. The van der Waals surface area contributed by atoms with Crippen molar-refractivity contribution in [2.24, 2.45) is 11.7 Å². The Bertz CT molecular complexity index is 230. The number of hydrogen-bond donors (Lipinski definition) is 1. The molecule has 1 aliphatic rings. The van der Waals surface area contributed by atoms with Gasteiger partial charge in [0, 0.05) is 7.47 Å². The molecule has 0 saturated carbocycles. The molecule has 2 N–H and O–H groups in total. The van der Waals surface area contributed by atoms with Gasteiger partial charge in [-0.25, -0.2) is 0 Å². The fourth-order valence-electron chi connectivity index (χ4n) is 2.03. The first-order chi connectivity index (χ1) is 9.15. The van der Waals surface area contributed by atoms with Gasteiger partial charge in [-0.3, -0.25) is 0 Å². The summed E-state index contributed by atoms with van der Waals surface area (Å²) >= 11 is 0. The third-order valence-corrected chi connectivity index (χ3v) is 2.57. The zero-order valence-corrected chi connectivity index (χ0v) is 15.0. The third kappa shape index (κ3) is 11.0. The monoisotopic (exact) mass is 271 g/mol. The maximum atomic E-state index is 6.02. The van der Waals surface area contributed by atoms with Crippen molar-refractivity contribution in [3.05, 3.63) is 23.3 Å². The van der Waals surface area contributed by atoms with E-state index in [0.717, 1.165) is 12.3 Å². The predicted molar refractivity (Wildman–Crippen MR) is 94.7 cm³/mol. The van der Waals surface area contributed by atoms with Crippen LogP contribution in [0.5, 0.6) is 0 Å². The zero-order chi connectivity index (χ0) is 15.8. The molecule has 0 unspecified atom stereocenters. The topological polar surface area (TPSA) is 26.0 Å². The quantitative estimate of drug-likeness (QED) is 0.635. The molecule has 0 radical (unpaired) electrons. The van der Waals surface area contributed by atoms with E-state index in [9.17, 15) is 0 Å². The molecule has 118 valence electrons. The molecule has 0 spiro atoms. The molecule has 1 rings (SSSR count). The normalized spacial score (nSPS) is 17.3.